The van der Waals surface area contributed by atoms with E-state index in [0.29, 0.717) is 0 Å². The van der Waals surface area contributed by atoms with E-state index in [2.05, 4.69) is 48.4 Å². The molecule has 0 aliphatic carbocycles. The van der Waals surface area contributed by atoms with Gasteiger partial charge in [0, 0.05) is 29.2 Å². The quantitative estimate of drug-likeness (QED) is 0.655. The normalized spacial score (nSPS) is 10.9. The summed E-state index contributed by atoms with van der Waals surface area (Å²) in [5.41, 5.74) is 11.8. The van der Waals surface area contributed by atoms with Crippen LogP contribution in [-0.2, 0) is 6.42 Å². The summed E-state index contributed by atoms with van der Waals surface area (Å²) in [5, 5.41) is 1.28. The van der Waals surface area contributed by atoms with Crippen LogP contribution in [0.5, 0.6) is 0 Å². The third-order valence-corrected chi connectivity index (χ3v) is 3.36. The number of hydrogen-bond donors (Lipinski definition) is 2. The highest BCUT2D eigenvalue weighted by Crippen LogP contribution is 2.23. The highest BCUT2D eigenvalue weighted by atomic mass is 14.7. The Morgan fingerprint density at radius 3 is 2.72 bits per heavy atom. The van der Waals surface area contributed by atoms with Gasteiger partial charge in [-0.25, -0.2) is 0 Å². The van der Waals surface area contributed by atoms with Gasteiger partial charge in [-0.15, -0.1) is 0 Å². The van der Waals surface area contributed by atoms with Gasteiger partial charge in [0.2, 0.25) is 0 Å². The summed E-state index contributed by atoms with van der Waals surface area (Å²) in [7, 11) is 0. The molecule has 0 aliphatic heterocycles. The van der Waals surface area contributed by atoms with E-state index in [-0.39, 0.29) is 0 Å². The van der Waals surface area contributed by atoms with Crippen molar-refractivity contribution in [2.24, 2.45) is 0 Å². The molecule has 0 bridgehead atoms. The minimum Gasteiger partial charge on any atom is -0.398 e. The predicted molar refractivity (Wildman–Crippen MR) is 76.7 cm³/mol. The number of nitrogens with two attached hydrogens (primary N) is 1. The maximum Gasteiger partial charge on any atom is 0.0456 e. The Hall–Kier alpha value is -2.22. The van der Waals surface area contributed by atoms with Crippen LogP contribution in [0.15, 0.2) is 48.7 Å². The van der Waals surface area contributed by atoms with Crippen LogP contribution in [0.1, 0.15) is 16.7 Å². The van der Waals surface area contributed by atoms with Crippen molar-refractivity contribution in [1.29, 1.82) is 0 Å². The first kappa shape index (κ1) is 10.9. The van der Waals surface area contributed by atoms with Crippen LogP contribution in [0.2, 0.25) is 0 Å². The molecule has 2 aromatic carbocycles. The molecule has 0 spiro atoms. The predicted octanol–water partition coefficient (Wildman–Crippen LogP) is 3.65. The summed E-state index contributed by atoms with van der Waals surface area (Å²) in [5.74, 6) is 0. The molecule has 90 valence electrons. The summed E-state index contributed by atoms with van der Waals surface area (Å²) < 4.78 is 0. The highest BCUT2D eigenvalue weighted by Gasteiger charge is 2.06. The van der Waals surface area contributed by atoms with Crippen LogP contribution >= 0.6 is 0 Å². The van der Waals surface area contributed by atoms with Gasteiger partial charge in [-0.1, -0.05) is 30.3 Å². The van der Waals surface area contributed by atoms with Gasteiger partial charge < -0.3 is 10.7 Å². The van der Waals surface area contributed by atoms with Crippen LogP contribution in [-0.4, -0.2) is 4.98 Å². The number of hydrogen-bond acceptors (Lipinski definition) is 1. The van der Waals surface area contributed by atoms with Gasteiger partial charge in [0.05, 0.1) is 0 Å². The standard InChI is InChI=1S/C16H16N2/c1-11-6-7-12(15(17)8-11)9-13-10-18-16-5-3-2-4-14(13)16/h2-8,10,18H,9,17H2,1H3. The number of rotatable bonds is 2. The Balaban J connectivity index is 2.01. The van der Waals surface area contributed by atoms with Crippen molar-refractivity contribution in [3.63, 3.8) is 0 Å². The molecular formula is C16H16N2. The van der Waals surface area contributed by atoms with Crippen LogP contribution in [0.3, 0.4) is 0 Å². The molecule has 1 aromatic heterocycles. The Morgan fingerprint density at radius 1 is 1.06 bits per heavy atom. The molecular weight excluding hydrogens is 220 g/mol. The SMILES string of the molecule is Cc1ccc(Cc2c[nH]c3ccccc23)c(N)c1. The molecule has 18 heavy (non-hydrogen) atoms. The molecule has 0 fully saturated rings. The Labute approximate surface area is 106 Å². The van der Waals surface area contributed by atoms with Gasteiger partial charge in [0.1, 0.15) is 0 Å². The number of aromatic amines is 1. The average Bonchev–Trinajstić information content (AvgIpc) is 2.76. The molecule has 3 aromatic rings. The highest BCUT2D eigenvalue weighted by molar-refractivity contribution is 5.83. The first-order valence-corrected chi connectivity index (χ1v) is 6.14. The fourth-order valence-electron chi connectivity index (χ4n) is 2.36. The van der Waals surface area contributed by atoms with Crippen molar-refractivity contribution < 1.29 is 0 Å². The Bertz CT molecular complexity index is 695. The number of anilines is 1. The molecule has 0 radical (unpaired) electrons. The van der Waals surface area contributed by atoms with Crippen molar-refractivity contribution in [3.05, 3.63) is 65.4 Å². The Morgan fingerprint density at radius 2 is 1.89 bits per heavy atom. The number of nitrogen functional groups attached to an aromatic ring is 1. The second-order valence-corrected chi connectivity index (χ2v) is 4.74. The van der Waals surface area contributed by atoms with Gasteiger partial charge >= 0.3 is 0 Å². The molecule has 0 saturated carbocycles. The lowest BCUT2D eigenvalue weighted by Crippen LogP contribution is -1.95. The maximum absolute atomic E-state index is 6.07. The van der Waals surface area contributed by atoms with Crippen LogP contribution in [0.25, 0.3) is 10.9 Å². The maximum atomic E-state index is 6.07. The van der Waals surface area contributed by atoms with Gasteiger partial charge in [0.15, 0.2) is 0 Å². The number of aromatic nitrogens is 1. The van der Waals surface area contributed by atoms with E-state index in [1.165, 1.54) is 27.6 Å². The zero-order valence-electron chi connectivity index (χ0n) is 10.4. The molecule has 2 nitrogen and oxygen atoms in total. The first-order chi connectivity index (χ1) is 8.74. The molecule has 0 atom stereocenters. The summed E-state index contributed by atoms with van der Waals surface area (Å²) in [4.78, 5) is 3.30. The minimum absolute atomic E-state index is 0.871. The summed E-state index contributed by atoms with van der Waals surface area (Å²) in [6, 6.07) is 14.6. The van der Waals surface area contributed by atoms with E-state index < -0.39 is 0 Å². The van der Waals surface area contributed by atoms with Gasteiger partial charge in [-0.2, -0.15) is 0 Å². The molecule has 1 heterocycles. The van der Waals surface area contributed by atoms with Gasteiger partial charge in [-0.05, 0) is 35.7 Å². The second kappa shape index (κ2) is 4.22. The molecule has 3 N–H and O–H groups in total. The van der Waals surface area contributed by atoms with Crippen molar-refractivity contribution >= 4 is 16.6 Å². The number of para-hydroxylation sites is 1. The fourth-order valence-corrected chi connectivity index (χ4v) is 2.36. The van der Waals surface area contributed by atoms with Crippen LogP contribution in [0, 0.1) is 6.92 Å². The number of H-pyrrole nitrogens is 1. The topological polar surface area (TPSA) is 41.8 Å². The average molecular weight is 236 g/mol. The van der Waals surface area contributed by atoms with E-state index >= 15 is 0 Å². The van der Waals surface area contributed by atoms with Crippen molar-refractivity contribution in [2.45, 2.75) is 13.3 Å². The van der Waals surface area contributed by atoms with E-state index in [4.69, 9.17) is 5.73 Å². The lowest BCUT2D eigenvalue weighted by atomic mass is 10.0. The van der Waals surface area contributed by atoms with Crippen molar-refractivity contribution in [2.75, 3.05) is 5.73 Å². The summed E-state index contributed by atoms with van der Waals surface area (Å²) in [6.07, 6.45) is 2.94. The molecule has 3 rings (SSSR count). The zero-order valence-corrected chi connectivity index (χ0v) is 10.4. The summed E-state index contributed by atoms with van der Waals surface area (Å²) >= 11 is 0. The Kier molecular flexibility index (Phi) is 2.56. The largest absolute Gasteiger partial charge is 0.398 e. The second-order valence-electron chi connectivity index (χ2n) is 4.74. The lowest BCUT2D eigenvalue weighted by Gasteiger charge is -2.06. The number of benzene rings is 2. The smallest absolute Gasteiger partial charge is 0.0456 e. The van der Waals surface area contributed by atoms with E-state index in [0.717, 1.165) is 12.1 Å². The van der Waals surface area contributed by atoms with Gasteiger partial charge in [-0.3, -0.25) is 0 Å². The lowest BCUT2D eigenvalue weighted by molar-refractivity contribution is 1.20. The van der Waals surface area contributed by atoms with Crippen LogP contribution < -0.4 is 5.73 Å². The van der Waals surface area contributed by atoms with E-state index in [1.807, 2.05) is 12.1 Å². The third kappa shape index (κ3) is 1.86. The van der Waals surface area contributed by atoms with Crippen molar-refractivity contribution in [1.82, 2.24) is 4.98 Å². The van der Waals surface area contributed by atoms with Gasteiger partial charge in [0.25, 0.3) is 0 Å². The molecule has 0 aliphatic rings. The molecule has 0 saturated heterocycles. The van der Waals surface area contributed by atoms with Crippen LogP contribution in [0.4, 0.5) is 5.69 Å². The monoisotopic (exact) mass is 236 g/mol. The number of nitrogens with one attached hydrogen (secondary N) is 1. The molecule has 2 heteroatoms. The third-order valence-electron chi connectivity index (χ3n) is 3.36. The number of aryl methyl sites for hydroxylation is 1. The minimum atomic E-state index is 0.871. The van der Waals surface area contributed by atoms with Crippen molar-refractivity contribution in [3.8, 4) is 0 Å². The summed E-state index contributed by atoms with van der Waals surface area (Å²) in [6.45, 7) is 2.06. The number of fused-ring (bicyclic) bond motifs is 1. The zero-order chi connectivity index (χ0) is 12.5. The van der Waals surface area contributed by atoms with E-state index in [9.17, 15) is 0 Å². The fraction of sp³-hybridized carbons (Fsp3) is 0.125. The molecule has 0 amide bonds. The van der Waals surface area contributed by atoms with E-state index in [1.54, 1.807) is 0 Å². The first-order valence-electron chi connectivity index (χ1n) is 6.14. The molecule has 0 unspecified atom stereocenters.